The van der Waals surface area contributed by atoms with Crippen LogP contribution in [0, 0.1) is 0 Å². The molecule has 0 N–H and O–H groups in total. The Morgan fingerprint density at radius 3 is 1.55 bits per heavy atom. The van der Waals surface area contributed by atoms with Crippen LogP contribution < -0.4 is 4.90 Å². The number of benzene rings is 11. The third-order valence-corrected chi connectivity index (χ3v) is 12.7. The normalized spacial score (nSPS) is 11.4. The second kappa shape index (κ2) is 15.8. The molecule has 0 aliphatic carbocycles. The van der Waals surface area contributed by atoms with E-state index in [1.54, 1.807) is 0 Å². The number of fused-ring (bicyclic) bond motifs is 6. The molecule has 12 rings (SSSR count). The van der Waals surface area contributed by atoms with Crippen molar-refractivity contribution in [3.05, 3.63) is 255 Å². The molecule has 2 nitrogen and oxygen atoms in total. The molecule has 0 spiro atoms. The highest BCUT2D eigenvalue weighted by Crippen LogP contribution is 2.45. The van der Waals surface area contributed by atoms with Gasteiger partial charge in [-0.15, -0.1) is 0 Å². The molecule has 0 saturated carbocycles. The van der Waals surface area contributed by atoms with E-state index in [4.69, 9.17) is 0 Å². The maximum Gasteiger partial charge on any atom is 0.0619 e. The van der Waals surface area contributed by atoms with Crippen LogP contribution in [-0.4, -0.2) is 4.57 Å². The van der Waals surface area contributed by atoms with Crippen LogP contribution in [0.4, 0.5) is 17.1 Å². The third-order valence-electron chi connectivity index (χ3n) is 12.7. The second-order valence-corrected chi connectivity index (χ2v) is 16.5. The first-order valence-electron chi connectivity index (χ1n) is 22.0. The first kappa shape index (κ1) is 37.3. The summed E-state index contributed by atoms with van der Waals surface area (Å²) in [6, 6.07) is 92.8. The van der Waals surface area contributed by atoms with Crippen molar-refractivity contribution in [3.8, 4) is 50.2 Å². The minimum atomic E-state index is 1.08. The smallest absolute Gasteiger partial charge is 0.0619 e. The fraction of sp³-hybridized carbons (Fsp3) is 0. The standard InChI is InChI=1S/C62H42N2/c1-4-17-43(18-5-1)49-39-50(44-19-6-2-7-20-44)42-54(41-49)63(52-36-33-47(34-37-52)56-30-15-23-45-21-10-12-28-55(45)56)53-27-14-24-48(40-53)57-31-16-32-60-61(57)59-38-35-46-22-11-13-29-58(46)62(59)64(60)51-25-8-3-9-26-51/h1-42H. The van der Waals surface area contributed by atoms with E-state index in [1.165, 1.54) is 71.2 Å². The minimum absolute atomic E-state index is 1.08. The Morgan fingerprint density at radius 1 is 0.281 bits per heavy atom. The molecule has 12 aromatic rings. The van der Waals surface area contributed by atoms with Gasteiger partial charge in [-0.05, 0) is 121 Å². The summed E-state index contributed by atoms with van der Waals surface area (Å²) >= 11 is 0. The van der Waals surface area contributed by atoms with Gasteiger partial charge in [-0.25, -0.2) is 0 Å². The van der Waals surface area contributed by atoms with E-state index in [1.807, 2.05) is 0 Å². The molecular weight excluding hydrogens is 773 g/mol. The van der Waals surface area contributed by atoms with E-state index in [0.717, 1.165) is 39.4 Å². The van der Waals surface area contributed by atoms with E-state index in [-0.39, 0.29) is 0 Å². The maximum atomic E-state index is 2.45. The molecule has 1 heterocycles. The third kappa shape index (κ3) is 6.52. The molecular formula is C62H42N2. The molecule has 0 saturated heterocycles. The Bertz CT molecular complexity index is 3580. The van der Waals surface area contributed by atoms with Gasteiger partial charge in [-0.3, -0.25) is 0 Å². The van der Waals surface area contributed by atoms with Gasteiger partial charge in [0.25, 0.3) is 0 Å². The van der Waals surface area contributed by atoms with Gasteiger partial charge < -0.3 is 9.47 Å². The summed E-state index contributed by atoms with van der Waals surface area (Å²) < 4.78 is 2.45. The van der Waals surface area contributed by atoms with Gasteiger partial charge in [0.05, 0.1) is 11.0 Å². The summed E-state index contributed by atoms with van der Waals surface area (Å²) in [5.41, 5.74) is 16.2. The summed E-state index contributed by atoms with van der Waals surface area (Å²) in [6.07, 6.45) is 0. The predicted molar refractivity (Wildman–Crippen MR) is 272 cm³/mol. The van der Waals surface area contributed by atoms with Gasteiger partial charge in [0.1, 0.15) is 0 Å². The van der Waals surface area contributed by atoms with Crippen molar-refractivity contribution in [1.29, 1.82) is 0 Å². The average Bonchev–Trinajstić information content (AvgIpc) is 3.73. The lowest BCUT2D eigenvalue weighted by atomic mass is 9.96. The largest absolute Gasteiger partial charge is 0.310 e. The molecule has 1 aromatic heterocycles. The molecule has 0 radical (unpaired) electrons. The van der Waals surface area contributed by atoms with Crippen LogP contribution in [-0.2, 0) is 0 Å². The molecule has 64 heavy (non-hydrogen) atoms. The van der Waals surface area contributed by atoms with Crippen molar-refractivity contribution in [2.45, 2.75) is 0 Å². The predicted octanol–water partition coefficient (Wildman–Crippen LogP) is 17.2. The average molecular weight is 815 g/mol. The summed E-state index contributed by atoms with van der Waals surface area (Å²) in [4.78, 5) is 2.43. The zero-order valence-electron chi connectivity index (χ0n) is 35.1. The number of rotatable bonds is 8. The van der Waals surface area contributed by atoms with Gasteiger partial charge >= 0.3 is 0 Å². The lowest BCUT2D eigenvalue weighted by Crippen LogP contribution is -2.10. The summed E-state index contributed by atoms with van der Waals surface area (Å²) in [6.45, 7) is 0. The zero-order chi connectivity index (χ0) is 42.4. The van der Waals surface area contributed by atoms with E-state index < -0.39 is 0 Å². The second-order valence-electron chi connectivity index (χ2n) is 16.5. The zero-order valence-corrected chi connectivity index (χ0v) is 35.1. The minimum Gasteiger partial charge on any atom is -0.310 e. The molecule has 0 aliphatic heterocycles. The number of hydrogen-bond donors (Lipinski definition) is 0. The van der Waals surface area contributed by atoms with Crippen molar-refractivity contribution >= 4 is 60.4 Å². The monoisotopic (exact) mass is 814 g/mol. The highest BCUT2D eigenvalue weighted by Gasteiger charge is 2.21. The molecule has 0 unspecified atom stereocenters. The molecule has 0 bridgehead atoms. The van der Waals surface area contributed by atoms with Crippen LogP contribution in [0.2, 0.25) is 0 Å². The first-order valence-corrected chi connectivity index (χ1v) is 22.0. The fourth-order valence-electron chi connectivity index (χ4n) is 9.78. The first-order chi connectivity index (χ1) is 31.7. The molecule has 0 atom stereocenters. The Labute approximate surface area is 373 Å². The summed E-state index contributed by atoms with van der Waals surface area (Å²) in [7, 11) is 0. The Morgan fingerprint density at radius 2 is 0.828 bits per heavy atom. The summed E-state index contributed by atoms with van der Waals surface area (Å²) in [5, 5.41) is 7.44. The molecule has 0 aliphatic rings. The quantitative estimate of drug-likeness (QED) is 0.148. The summed E-state index contributed by atoms with van der Waals surface area (Å²) in [5.74, 6) is 0. The lowest BCUT2D eigenvalue weighted by Gasteiger charge is -2.27. The van der Waals surface area contributed by atoms with Crippen molar-refractivity contribution < 1.29 is 0 Å². The van der Waals surface area contributed by atoms with Gasteiger partial charge in [0.15, 0.2) is 0 Å². The number of anilines is 3. The number of nitrogens with zero attached hydrogens (tertiary/aromatic N) is 2. The van der Waals surface area contributed by atoms with E-state index in [2.05, 4.69) is 264 Å². The van der Waals surface area contributed by atoms with Crippen LogP contribution in [0.3, 0.4) is 0 Å². The Hall–Kier alpha value is -8.46. The molecule has 11 aromatic carbocycles. The van der Waals surface area contributed by atoms with Crippen LogP contribution >= 0.6 is 0 Å². The van der Waals surface area contributed by atoms with Crippen molar-refractivity contribution in [3.63, 3.8) is 0 Å². The van der Waals surface area contributed by atoms with E-state index >= 15 is 0 Å². The number of hydrogen-bond acceptors (Lipinski definition) is 1. The van der Waals surface area contributed by atoms with E-state index in [9.17, 15) is 0 Å². The Kier molecular flexibility index (Phi) is 9.20. The van der Waals surface area contributed by atoms with Crippen LogP contribution in [0.15, 0.2) is 255 Å². The Balaban J connectivity index is 1.08. The maximum absolute atomic E-state index is 2.45. The van der Waals surface area contributed by atoms with E-state index in [0.29, 0.717) is 0 Å². The topological polar surface area (TPSA) is 8.17 Å². The van der Waals surface area contributed by atoms with Crippen molar-refractivity contribution in [1.82, 2.24) is 4.57 Å². The SMILES string of the molecule is c1ccc(-c2cc(-c3ccccc3)cc(N(c3ccc(-c4cccc5ccccc45)cc3)c3cccc(-c4cccc5c4c4ccc6ccccc6c4n5-c4ccccc4)c3)c2)cc1. The fourth-order valence-corrected chi connectivity index (χ4v) is 9.78. The van der Waals surface area contributed by atoms with Gasteiger partial charge in [0, 0.05) is 38.9 Å². The van der Waals surface area contributed by atoms with Gasteiger partial charge in [-0.2, -0.15) is 0 Å². The highest BCUT2D eigenvalue weighted by molar-refractivity contribution is 6.22. The van der Waals surface area contributed by atoms with Crippen molar-refractivity contribution in [2.75, 3.05) is 4.90 Å². The van der Waals surface area contributed by atoms with Crippen LogP contribution in [0.5, 0.6) is 0 Å². The molecule has 0 amide bonds. The number of para-hydroxylation sites is 1. The number of aromatic nitrogens is 1. The van der Waals surface area contributed by atoms with Crippen molar-refractivity contribution in [2.24, 2.45) is 0 Å². The van der Waals surface area contributed by atoms with Crippen LogP contribution in [0.25, 0.3) is 93.5 Å². The lowest BCUT2D eigenvalue weighted by molar-refractivity contribution is 1.19. The highest BCUT2D eigenvalue weighted by atomic mass is 15.1. The molecule has 300 valence electrons. The molecule has 2 heteroatoms. The van der Waals surface area contributed by atoms with Gasteiger partial charge in [-0.1, -0.05) is 194 Å². The molecule has 0 fully saturated rings. The van der Waals surface area contributed by atoms with Crippen LogP contribution in [0.1, 0.15) is 0 Å². The van der Waals surface area contributed by atoms with Gasteiger partial charge in [0.2, 0.25) is 0 Å².